The number of aryl methyl sites for hydroxylation is 2. The van der Waals surface area contributed by atoms with Gasteiger partial charge in [-0.1, -0.05) is 49.9 Å². The maximum absolute atomic E-state index is 5.88. The Bertz CT molecular complexity index is 414. The summed E-state index contributed by atoms with van der Waals surface area (Å²) in [4.78, 5) is 0. The van der Waals surface area contributed by atoms with Gasteiger partial charge in [-0.05, 0) is 49.7 Å². The average molecular weight is 260 g/mol. The molecule has 0 spiro atoms. The summed E-state index contributed by atoms with van der Waals surface area (Å²) < 4.78 is 0. The van der Waals surface area contributed by atoms with Gasteiger partial charge in [-0.3, -0.25) is 11.3 Å². The van der Waals surface area contributed by atoms with E-state index < -0.39 is 0 Å². The van der Waals surface area contributed by atoms with Crippen LogP contribution in [-0.2, 0) is 0 Å². The summed E-state index contributed by atoms with van der Waals surface area (Å²) in [7, 11) is 0. The van der Waals surface area contributed by atoms with E-state index in [2.05, 4.69) is 44.4 Å². The number of hydrogen-bond donors (Lipinski definition) is 2. The molecule has 2 rings (SSSR count). The first-order chi connectivity index (χ1) is 9.15. The Hall–Kier alpha value is -0.860. The molecule has 3 unspecified atom stereocenters. The minimum absolute atomic E-state index is 0.315. The molecule has 1 aliphatic carbocycles. The van der Waals surface area contributed by atoms with E-state index in [1.165, 1.54) is 48.8 Å². The maximum Gasteiger partial charge on any atom is 0.0490 e. The second kappa shape index (κ2) is 6.53. The number of nitrogens with two attached hydrogens (primary N) is 1. The Kier molecular flexibility index (Phi) is 5.00. The van der Waals surface area contributed by atoms with Gasteiger partial charge in [0.15, 0.2) is 0 Å². The summed E-state index contributed by atoms with van der Waals surface area (Å²) in [5.74, 6) is 7.45. The largest absolute Gasteiger partial charge is 0.271 e. The van der Waals surface area contributed by atoms with Crippen molar-refractivity contribution in [3.05, 3.63) is 34.9 Å². The van der Waals surface area contributed by atoms with Crippen molar-refractivity contribution in [2.24, 2.45) is 17.7 Å². The molecule has 2 nitrogen and oxygen atoms in total. The SMILES string of the molecule is CCC1CCCC(C(NN)c2ccc(C)cc2C)C1. The van der Waals surface area contributed by atoms with Crippen LogP contribution < -0.4 is 11.3 Å². The maximum atomic E-state index is 5.88. The molecular formula is C17H28N2. The van der Waals surface area contributed by atoms with Crippen molar-refractivity contribution in [3.8, 4) is 0 Å². The van der Waals surface area contributed by atoms with Crippen LogP contribution in [0.2, 0.25) is 0 Å². The highest BCUT2D eigenvalue weighted by molar-refractivity contribution is 5.33. The molecule has 3 N–H and O–H groups in total. The molecule has 0 aliphatic heterocycles. The van der Waals surface area contributed by atoms with Gasteiger partial charge < -0.3 is 0 Å². The van der Waals surface area contributed by atoms with Gasteiger partial charge in [-0.15, -0.1) is 0 Å². The van der Waals surface area contributed by atoms with Gasteiger partial charge in [0, 0.05) is 6.04 Å². The van der Waals surface area contributed by atoms with E-state index in [-0.39, 0.29) is 0 Å². The van der Waals surface area contributed by atoms with Crippen LogP contribution in [0.3, 0.4) is 0 Å². The number of hydrazine groups is 1. The second-order valence-electron chi connectivity index (χ2n) is 6.21. The summed E-state index contributed by atoms with van der Waals surface area (Å²) in [6.45, 7) is 6.66. The van der Waals surface area contributed by atoms with E-state index in [0.29, 0.717) is 12.0 Å². The van der Waals surface area contributed by atoms with Crippen LogP contribution in [0.4, 0.5) is 0 Å². The van der Waals surface area contributed by atoms with Crippen molar-refractivity contribution in [1.29, 1.82) is 0 Å². The van der Waals surface area contributed by atoms with Crippen LogP contribution >= 0.6 is 0 Å². The Balaban J connectivity index is 2.19. The van der Waals surface area contributed by atoms with Crippen LogP contribution in [0, 0.1) is 25.7 Å². The lowest BCUT2D eigenvalue weighted by atomic mass is 9.75. The predicted molar refractivity (Wildman–Crippen MR) is 81.7 cm³/mol. The smallest absolute Gasteiger partial charge is 0.0490 e. The average Bonchev–Trinajstić information content (AvgIpc) is 2.42. The molecule has 1 fully saturated rings. The molecule has 1 saturated carbocycles. The van der Waals surface area contributed by atoms with Crippen molar-refractivity contribution >= 4 is 0 Å². The Labute approximate surface area is 117 Å². The second-order valence-corrected chi connectivity index (χ2v) is 6.21. The van der Waals surface area contributed by atoms with Crippen molar-refractivity contribution in [2.45, 2.75) is 58.9 Å². The minimum Gasteiger partial charge on any atom is -0.271 e. The van der Waals surface area contributed by atoms with Crippen molar-refractivity contribution in [3.63, 3.8) is 0 Å². The summed E-state index contributed by atoms with van der Waals surface area (Å²) in [6, 6.07) is 7.03. The van der Waals surface area contributed by atoms with Gasteiger partial charge in [0.05, 0.1) is 0 Å². The monoisotopic (exact) mass is 260 g/mol. The normalized spacial score (nSPS) is 25.3. The van der Waals surface area contributed by atoms with Gasteiger partial charge in [0.1, 0.15) is 0 Å². The standard InChI is InChI=1S/C17H28N2/c1-4-14-6-5-7-15(11-14)17(19-18)16-9-8-12(2)10-13(16)3/h8-10,14-15,17,19H,4-7,11,18H2,1-3H3. The Morgan fingerprint density at radius 1 is 1.32 bits per heavy atom. The van der Waals surface area contributed by atoms with Gasteiger partial charge in [-0.2, -0.15) is 0 Å². The van der Waals surface area contributed by atoms with Crippen molar-refractivity contribution < 1.29 is 0 Å². The fourth-order valence-corrected chi connectivity index (χ4v) is 3.66. The van der Waals surface area contributed by atoms with Gasteiger partial charge in [-0.25, -0.2) is 0 Å². The predicted octanol–water partition coefficient (Wildman–Crippen LogP) is 4.02. The van der Waals surface area contributed by atoms with E-state index in [1.54, 1.807) is 0 Å². The fourth-order valence-electron chi connectivity index (χ4n) is 3.66. The molecule has 1 aromatic carbocycles. The van der Waals surface area contributed by atoms with Crippen LogP contribution in [-0.4, -0.2) is 0 Å². The number of rotatable bonds is 4. The van der Waals surface area contributed by atoms with Crippen LogP contribution in [0.25, 0.3) is 0 Å². The van der Waals surface area contributed by atoms with E-state index in [9.17, 15) is 0 Å². The molecule has 0 heterocycles. The zero-order valence-corrected chi connectivity index (χ0v) is 12.6. The number of nitrogens with one attached hydrogen (secondary N) is 1. The molecule has 0 bridgehead atoms. The number of benzene rings is 1. The Morgan fingerprint density at radius 3 is 2.74 bits per heavy atom. The zero-order valence-electron chi connectivity index (χ0n) is 12.6. The summed E-state index contributed by atoms with van der Waals surface area (Å²) in [6.07, 6.45) is 6.68. The first-order valence-corrected chi connectivity index (χ1v) is 7.69. The van der Waals surface area contributed by atoms with Gasteiger partial charge in [0.2, 0.25) is 0 Å². The quantitative estimate of drug-likeness (QED) is 0.634. The molecule has 2 heteroatoms. The lowest BCUT2D eigenvalue weighted by Crippen LogP contribution is -2.36. The highest BCUT2D eigenvalue weighted by Crippen LogP contribution is 2.38. The van der Waals surface area contributed by atoms with Gasteiger partial charge >= 0.3 is 0 Å². The molecule has 0 radical (unpaired) electrons. The first-order valence-electron chi connectivity index (χ1n) is 7.69. The van der Waals surface area contributed by atoms with Crippen LogP contribution in [0.1, 0.15) is 61.8 Å². The number of hydrogen-bond acceptors (Lipinski definition) is 2. The van der Waals surface area contributed by atoms with E-state index in [1.807, 2.05) is 0 Å². The molecule has 1 aromatic rings. The minimum atomic E-state index is 0.315. The van der Waals surface area contributed by atoms with Crippen LogP contribution in [0.5, 0.6) is 0 Å². The molecule has 0 saturated heterocycles. The molecule has 1 aliphatic rings. The van der Waals surface area contributed by atoms with Crippen LogP contribution in [0.15, 0.2) is 18.2 Å². The molecular weight excluding hydrogens is 232 g/mol. The fraction of sp³-hybridized carbons (Fsp3) is 0.647. The Morgan fingerprint density at radius 2 is 2.11 bits per heavy atom. The zero-order chi connectivity index (χ0) is 13.8. The van der Waals surface area contributed by atoms with Crippen molar-refractivity contribution in [2.75, 3.05) is 0 Å². The van der Waals surface area contributed by atoms with E-state index >= 15 is 0 Å². The topological polar surface area (TPSA) is 38.0 Å². The molecule has 0 aromatic heterocycles. The van der Waals surface area contributed by atoms with Gasteiger partial charge in [0.25, 0.3) is 0 Å². The lowest BCUT2D eigenvalue weighted by molar-refractivity contribution is 0.209. The van der Waals surface area contributed by atoms with E-state index in [0.717, 1.165) is 5.92 Å². The molecule has 106 valence electrons. The highest BCUT2D eigenvalue weighted by atomic mass is 15.2. The highest BCUT2D eigenvalue weighted by Gasteiger charge is 2.28. The first kappa shape index (κ1) is 14.5. The lowest BCUT2D eigenvalue weighted by Gasteiger charge is -2.35. The summed E-state index contributed by atoms with van der Waals surface area (Å²) in [5, 5.41) is 0. The molecule has 19 heavy (non-hydrogen) atoms. The third-order valence-electron chi connectivity index (χ3n) is 4.81. The molecule has 3 atom stereocenters. The molecule has 0 amide bonds. The van der Waals surface area contributed by atoms with Crippen molar-refractivity contribution in [1.82, 2.24) is 5.43 Å². The third kappa shape index (κ3) is 3.37. The summed E-state index contributed by atoms with van der Waals surface area (Å²) in [5.41, 5.74) is 7.17. The summed E-state index contributed by atoms with van der Waals surface area (Å²) >= 11 is 0. The third-order valence-corrected chi connectivity index (χ3v) is 4.81. The van der Waals surface area contributed by atoms with E-state index in [4.69, 9.17) is 5.84 Å².